The van der Waals surface area contributed by atoms with E-state index in [1.165, 1.54) is 37.7 Å². The molecule has 1 aliphatic carbocycles. The minimum Gasteiger partial charge on any atom is -0.496 e. The minimum absolute atomic E-state index is 0.531. The molecule has 3 nitrogen and oxygen atoms in total. The van der Waals surface area contributed by atoms with E-state index < -0.39 is 0 Å². The lowest BCUT2D eigenvalue weighted by Gasteiger charge is -2.41. The highest BCUT2D eigenvalue weighted by molar-refractivity contribution is 5.36. The Morgan fingerprint density at radius 1 is 1.10 bits per heavy atom. The van der Waals surface area contributed by atoms with E-state index in [4.69, 9.17) is 4.74 Å². The molecule has 1 saturated heterocycles. The molecule has 116 valence electrons. The Morgan fingerprint density at radius 3 is 2.52 bits per heavy atom. The van der Waals surface area contributed by atoms with Gasteiger partial charge in [0, 0.05) is 37.8 Å². The highest BCUT2D eigenvalue weighted by Crippen LogP contribution is 2.41. The molecule has 0 amide bonds. The molecule has 2 fully saturated rings. The molecule has 0 bridgehead atoms. The van der Waals surface area contributed by atoms with E-state index in [1.54, 1.807) is 7.11 Å². The van der Waals surface area contributed by atoms with Crippen molar-refractivity contribution in [1.29, 1.82) is 0 Å². The summed E-state index contributed by atoms with van der Waals surface area (Å²) in [4.78, 5) is 2.68. The van der Waals surface area contributed by atoms with Crippen LogP contribution in [0.4, 0.5) is 0 Å². The summed E-state index contributed by atoms with van der Waals surface area (Å²) >= 11 is 0. The van der Waals surface area contributed by atoms with Gasteiger partial charge in [0.2, 0.25) is 0 Å². The average molecular weight is 288 g/mol. The van der Waals surface area contributed by atoms with Crippen molar-refractivity contribution in [2.75, 3.05) is 33.3 Å². The van der Waals surface area contributed by atoms with Crippen LogP contribution in [0, 0.1) is 5.92 Å². The van der Waals surface area contributed by atoms with E-state index in [1.807, 2.05) is 0 Å². The van der Waals surface area contributed by atoms with Crippen LogP contribution < -0.4 is 10.1 Å². The summed E-state index contributed by atoms with van der Waals surface area (Å²) in [6, 6.07) is 9.17. The summed E-state index contributed by atoms with van der Waals surface area (Å²) in [5.74, 6) is 1.85. The molecule has 3 heteroatoms. The van der Waals surface area contributed by atoms with Crippen LogP contribution in [0.25, 0.3) is 0 Å². The third kappa shape index (κ3) is 3.41. The Kier molecular flexibility index (Phi) is 5.15. The maximum Gasteiger partial charge on any atom is 0.123 e. The van der Waals surface area contributed by atoms with Gasteiger partial charge in [0.1, 0.15) is 5.75 Å². The monoisotopic (exact) mass is 288 g/mol. The van der Waals surface area contributed by atoms with E-state index in [-0.39, 0.29) is 0 Å². The number of nitrogens with zero attached hydrogens (tertiary/aromatic N) is 1. The molecule has 1 atom stereocenters. The van der Waals surface area contributed by atoms with E-state index in [0.717, 1.165) is 37.8 Å². The average Bonchev–Trinajstić information content (AvgIpc) is 2.58. The number of nitrogens with one attached hydrogen (secondary N) is 1. The standard InChI is InChI=1S/C18H28N2O/c1-21-17-10-6-5-9-16(17)18(15-7-3-2-4-8-15)20-13-11-19-12-14-20/h5-6,9-10,15,18-19H,2-4,7-8,11-14H2,1H3/t18-/m1/s1. The van der Waals surface area contributed by atoms with Crippen molar-refractivity contribution in [2.24, 2.45) is 5.92 Å². The van der Waals surface area contributed by atoms with Crippen molar-refractivity contribution in [2.45, 2.75) is 38.1 Å². The highest BCUT2D eigenvalue weighted by Gasteiger charge is 2.32. The van der Waals surface area contributed by atoms with Gasteiger partial charge in [0.15, 0.2) is 0 Å². The Balaban J connectivity index is 1.89. The molecule has 0 spiro atoms. The predicted molar refractivity (Wildman–Crippen MR) is 86.8 cm³/mol. The third-order valence-corrected chi connectivity index (χ3v) is 5.10. The maximum absolute atomic E-state index is 5.67. The van der Waals surface area contributed by atoms with Crippen LogP contribution in [0.5, 0.6) is 5.75 Å². The Bertz CT molecular complexity index is 419. The molecule has 1 aromatic rings. The largest absolute Gasteiger partial charge is 0.496 e. The Morgan fingerprint density at radius 2 is 1.81 bits per heavy atom. The lowest BCUT2D eigenvalue weighted by atomic mass is 9.80. The fourth-order valence-electron chi connectivity index (χ4n) is 4.07. The molecule has 1 aromatic carbocycles. The van der Waals surface area contributed by atoms with Gasteiger partial charge in [-0.25, -0.2) is 0 Å². The Labute approximate surface area is 128 Å². The summed E-state index contributed by atoms with van der Waals surface area (Å²) in [6.45, 7) is 4.52. The van der Waals surface area contributed by atoms with Crippen LogP contribution in [-0.4, -0.2) is 38.2 Å². The van der Waals surface area contributed by atoms with Gasteiger partial charge in [-0.3, -0.25) is 4.90 Å². The molecule has 3 rings (SSSR count). The molecular formula is C18H28N2O. The van der Waals surface area contributed by atoms with Crippen LogP contribution in [-0.2, 0) is 0 Å². The summed E-state index contributed by atoms with van der Waals surface area (Å²) < 4.78 is 5.67. The number of benzene rings is 1. The van der Waals surface area contributed by atoms with Gasteiger partial charge in [-0.1, -0.05) is 37.5 Å². The number of hydrogen-bond donors (Lipinski definition) is 1. The first-order valence-electron chi connectivity index (χ1n) is 8.48. The second kappa shape index (κ2) is 7.28. The SMILES string of the molecule is COc1ccccc1[C@@H](C1CCCCC1)N1CCNCC1. The van der Waals surface area contributed by atoms with Gasteiger partial charge < -0.3 is 10.1 Å². The second-order valence-electron chi connectivity index (χ2n) is 6.37. The van der Waals surface area contributed by atoms with Crippen LogP contribution >= 0.6 is 0 Å². The molecule has 0 unspecified atom stereocenters. The molecule has 2 aliphatic rings. The first-order chi connectivity index (χ1) is 10.4. The van der Waals surface area contributed by atoms with Crippen LogP contribution in [0.1, 0.15) is 43.7 Å². The normalized spacial score (nSPS) is 22.9. The van der Waals surface area contributed by atoms with Crippen molar-refractivity contribution >= 4 is 0 Å². The third-order valence-electron chi connectivity index (χ3n) is 5.10. The van der Waals surface area contributed by atoms with Gasteiger partial charge in [-0.05, 0) is 24.8 Å². The number of ether oxygens (including phenoxy) is 1. The first kappa shape index (κ1) is 14.9. The molecule has 21 heavy (non-hydrogen) atoms. The fraction of sp³-hybridized carbons (Fsp3) is 0.667. The molecule has 1 aliphatic heterocycles. The second-order valence-corrected chi connectivity index (χ2v) is 6.37. The molecule has 0 radical (unpaired) electrons. The van der Waals surface area contributed by atoms with Crippen molar-refractivity contribution in [3.63, 3.8) is 0 Å². The smallest absolute Gasteiger partial charge is 0.123 e. The zero-order valence-corrected chi connectivity index (χ0v) is 13.2. The van der Waals surface area contributed by atoms with E-state index >= 15 is 0 Å². The van der Waals surface area contributed by atoms with Crippen molar-refractivity contribution in [1.82, 2.24) is 10.2 Å². The maximum atomic E-state index is 5.67. The first-order valence-corrected chi connectivity index (χ1v) is 8.48. The molecule has 1 heterocycles. The highest BCUT2D eigenvalue weighted by atomic mass is 16.5. The van der Waals surface area contributed by atoms with Gasteiger partial charge in [-0.2, -0.15) is 0 Å². The van der Waals surface area contributed by atoms with Gasteiger partial charge in [0.05, 0.1) is 7.11 Å². The van der Waals surface area contributed by atoms with Gasteiger partial charge in [0.25, 0.3) is 0 Å². The summed E-state index contributed by atoms with van der Waals surface area (Å²) in [5, 5.41) is 3.48. The molecule has 0 aromatic heterocycles. The number of rotatable bonds is 4. The number of para-hydroxylation sites is 1. The van der Waals surface area contributed by atoms with Crippen LogP contribution in [0.3, 0.4) is 0 Å². The van der Waals surface area contributed by atoms with Crippen molar-refractivity contribution < 1.29 is 4.74 Å². The van der Waals surface area contributed by atoms with Crippen LogP contribution in [0.2, 0.25) is 0 Å². The number of hydrogen-bond acceptors (Lipinski definition) is 3. The minimum atomic E-state index is 0.531. The molecule has 1 saturated carbocycles. The van der Waals surface area contributed by atoms with Gasteiger partial charge >= 0.3 is 0 Å². The summed E-state index contributed by atoms with van der Waals surface area (Å²) in [5.41, 5.74) is 1.40. The Hall–Kier alpha value is -1.06. The fourth-order valence-corrected chi connectivity index (χ4v) is 4.07. The van der Waals surface area contributed by atoms with Crippen molar-refractivity contribution in [3.05, 3.63) is 29.8 Å². The molecule has 1 N–H and O–H groups in total. The zero-order chi connectivity index (χ0) is 14.5. The van der Waals surface area contributed by atoms with Crippen molar-refractivity contribution in [3.8, 4) is 5.75 Å². The number of piperazine rings is 1. The van der Waals surface area contributed by atoms with E-state index in [2.05, 4.69) is 34.5 Å². The lowest BCUT2D eigenvalue weighted by molar-refractivity contribution is 0.101. The zero-order valence-electron chi connectivity index (χ0n) is 13.2. The van der Waals surface area contributed by atoms with Gasteiger partial charge in [-0.15, -0.1) is 0 Å². The summed E-state index contributed by atoms with van der Waals surface area (Å²) in [6.07, 6.45) is 6.93. The predicted octanol–water partition coefficient (Wildman–Crippen LogP) is 3.22. The lowest BCUT2D eigenvalue weighted by Crippen LogP contribution is -2.47. The summed E-state index contributed by atoms with van der Waals surface area (Å²) in [7, 11) is 1.80. The van der Waals surface area contributed by atoms with Crippen LogP contribution in [0.15, 0.2) is 24.3 Å². The topological polar surface area (TPSA) is 24.5 Å². The van der Waals surface area contributed by atoms with E-state index in [9.17, 15) is 0 Å². The quantitative estimate of drug-likeness (QED) is 0.920. The number of methoxy groups -OCH3 is 1. The molecular weight excluding hydrogens is 260 g/mol. The van der Waals surface area contributed by atoms with E-state index in [0.29, 0.717) is 6.04 Å².